The first-order chi connectivity index (χ1) is 24.0. The minimum absolute atomic E-state index is 0. The van der Waals surface area contributed by atoms with Crippen molar-refractivity contribution >= 4 is 50.4 Å². The Morgan fingerprint density at radius 1 is 0.674 bits per heavy atom. The molecule has 3 aromatic heterocycles. The first-order valence-corrected chi connectivity index (χ1v) is 22.1. The van der Waals surface area contributed by atoms with Gasteiger partial charge in [0.25, 0.3) is 0 Å². The van der Waals surface area contributed by atoms with Gasteiger partial charge in [-0.15, -0.1) is 18.2 Å². The minimum Gasteiger partial charge on any atom is 0 e. The fourth-order valence-electron chi connectivity index (χ4n) is 5.25. The topological polar surface area (TPSA) is 38.9 Å². The third-order valence-electron chi connectivity index (χ3n) is 7.72. The van der Waals surface area contributed by atoms with E-state index in [1.165, 1.54) is 4.40 Å². The van der Waals surface area contributed by atoms with Gasteiger partial charge < -0.3 is 9.40 Å². The van der Waals surface area contributed by atoms with Crippen LogP contribution in [-0.4, -0.2) is 23.2 Å². The van der Waals surface area contributed by atoms with E-state index in [-0.39, 0.29) is 49.8 Å². The Morgan fingerprint density at radius 2 is 1.46 bits per heavy atom. The van der Waals surface area contributed by atoms with Crippen LogP contribution in [0.15, 0.2) is 144 Å². The smallest absolute Gasteiger partial charge is 0 e. The van der Waals surface area contributed by atoms with E-state index < -0.39 is 19.3 Å². The van der Waals surface area contributed by atoms with Crippen molar-refractivity contribution in [2.75, 3.05) is 0 Å². The summed E-state index contributed by atoms with van der Waals surface area (Å²) in [4.78, 5) is 9.14. The van der Waals surface area contributed by atoms with Gasteiger partial charge in [-0.1, -0.05) is 83.6 Å². The summed E-state index contributed by atoms with van der Waals surface area (Å²) >= 11 is -1.72. The van der Waals surface area contributed by atoms with Gasteiger partial charge in [0, 0.05) is 31.7 Å². The normalized spacial score (nSPS) is 12.7. The number of fused-ring (bicyclic) bond motifs is 4. The van der Waals surface area contributed by atoms with Gasteiger partial charge in [-0.05, 0) is 33.7 Å². The van der Waals surface area contributed by atoms with Crippen molar-refractivity contribution in [2.45, 2.75) is 17.3 Å². The average molecular weight is 839 g/mol. The molecule has 0 bridgehead atoms. The molecule has 5 heteroatoms. The van der Waals surface area contributed by atoms with E-state index in [1.807, 2.05) is 85.2 Å². The molecule has 0 unspecified atom stereocenters. The van der Waals surface area contributed by atoms with E-state index in [1.54, 1.807) is 12.1 Å². The monoisotopic (exact) mass is 840 g/mol. The van der Waals surface area contributed by atoms with Gasteiger partial charge >= 0.3 is 99.8 Å². The standard InChI is InChI=1S/C27H16NO.C14H16GeN.Ir/c1-2-7-18(8-3-1)20-13-14-22-23-11-6-12-24(27(23)29-26(22)16-20)25-15-19-9-4-5-10-21(19)17-28-25;1-15(2,3)13-9-10-14(16-11-13)12-7-5-4-6-8-12;/h1-11,13-17H;4-7,9-11H,1-3H3;/q2*-1;/i1D,2D,3D,7D,8D;;. The zero-order chi connectivity index (χ0) is 35.2. The summed E-state index contributed by atoms with van der Waals surface area (Å²) in [6, 6.07) is 36.2. The maximum absolute atomic E-state index is 8.28. The molecule has 0 saturated carbocycles. The molecule has 0 aliphatic heterocycles. The zero-order valence-electron chi connectivity index (χ0n) is 30.5. The third kappa shape index (κ3) is 6.61. The maximum atomic E-state index is 8.28. The van der Waals surface area contributed by atoms with E-state index in [2.05, 4.69) is 51.5 Å². The van der Waals surface area contributed by atoms with Crippen LogP contribution in [0.2, 0.25) is 17.3 Å². The second-order valence-corrected chi connectivity index (χ2v) is 22.4. The molecule has 0 aliphatic rings. The number of hydrogen-bond acceptors (Lipinski definition) is 3. The average Bonchev–Trinajstić information content (AvgIpc) is 3.51. The van der Waals surface area contributed by atoms with Gasteiger partial charge in [0.05, 0.1) is 12.4 Å². The van der Waals surface area contributed by atoms with Gasteiger partial charge in [0.2, 0.25) is 0 Å². The van der Waals surface area contributed by atoms with E-state index in [0.29, 0.717) is 16.7 Å². The Bertz CT molecular complexity index is 2510. The van der Waals surface area contributed by atoms with Crippen molar-refractivity contribution in [2.24, 2.45) is 0 Å². The number of aromatic nitrogens is 2. The van der Waals surface area contributed by atoms with Crippen molar-refractivity contribution < 1.29 is 31.4 Å². The Kier molecular flexibility index (Phi) is 7.61. The molecule has 0 fully saturated rings. The molecule has 227 valence electrons. The zero-order valence-corrected chi connectivity index (χ0v) is 30.0. The van der Waals surface area contributed by atoms with E-state index in [9.17, 15) is 0 Å². The number of pyridine rings is 2. The van der Waals surface area contributed by atoms with Crippen LogP contribution in [-0.2, 0) is 20.1 Å². The van der Waals surface area contributed by atoms with E-state index in [0.717, 1.165) is 44.1 Å². The summed E-state index contributed by atoms with van der Waals surface area (Å²) in [5, 5.41) is 3.87. The van der Waals surface area contributed by atoms with Crippen LogP contribution in [0, 0.1) is 12.1 Å². The fraction of sp³-hybridized carbons (Fsp3) is 0.0732. The van der Waals surface area contributed by atoms with Crippen molar-refractivity contribution in [3.05, 3.63) is 152 Å². The van der Waals surface area contributed by atoms with Gasteiger partial charge in [-0.3, -0.25) is 0 Å². The Hall–Kier alpha value is -4.35. The summed E-state index contributed by atoms with van der Waals surface area (Å²) in [6.45, 7) is 0. The molecular weight excluding hydrogens is 801 g/mol. The van der Waals surface area contributed by atoms with Crippen molar-refractivity contribution in [1.82, 2.24) is 9.97 Å². The van der Waals surface area contributed by atoms with Crippen LogP contribution in [0.25, 0.3) is 66.4 Å². The molecule has 0 spiro atoms. The van der Waals surface area contributed by atoms with Gasteiger partial charge in [0.15, 0.2) is 0 Å². The molecule has 8 aromatic rings. The van der Waals surface area contributed by atoms with Crippen LogP contribution in [0.5, 0.6) is 0 Å². The molecule has 46 heavy (non-hydrogen) atoms. The summed E-state index contributed by atoms with van der Waals surface area (Å²) in [6.07, 6.45) is 3.87. The summed E-state index contributed by atoms with van der Waals surface area (Å²) in [5.74, 6) is 7.14. The molecule has 8 rings (SSSR count). The second kappa shape index (κ2) is 13.6. The van der Waals surface area contributed by atoms with Crippen LogP contribution < -0.4 is 4.40 Å². The number of hydrogen-bond donors (Lipinski definition) is 0. The van der Waals surface area contributed by atoms with Crippen molar-refractivity contribution in [1.29, 1.82) is 0 Å². The van der Waals surface area contributed by atoms with Crippen LogP contribution in [0.3, 0.4) is 0 Å². The third-order valence-corrected chi connectivity index (χ3v) is 12.0. The van der Waals surface area contributed by atoms with Crippen LogP contribution in [0.4, 0.5) is 0 Å². The predicted molar refractivity (Wildman–Crippen MR) is 190 cm³/mol. The summed E-state index contributed by atoms with van der Waals surface area (Å²) in [5.41, 5.74) is 5.40. The molecule has 0 N–H and O–H groups in total. The molecule has 0 atom stereocenters. The largest absolute Gasteiger partial charge is 0 e. The maximum Gasteiger partial charge on any atom is 0 e. The molecule has 3 nitrogen and oxygen atoms in total. The number of furan rings is 1. The molecule has 0 saturated heterocycles. The molecule has 1 radical (unpaired) electrons. The molecule has 5 aromatic carbocycles. The molecular formula is C41H32GeIrN2O-2. The summed E-state index contributed by atoms with van der Waals surface area (Å²) in [7, 11) is 0. The van der Waals surface area contributed by atoms with Gasteiger partial charge in [-0.2, -0.15) is 0 Å². The van der Waals surface area contributed by atoms with Gasteiger partial charge in [0.1, 0.15) is 5.58 Å². The van der Waals surface area contributed by atoms with Crippen LogP contribution in [0.1, 0.15) is 6.85 Å². The molecule has 0 aliphatic carbocycles. The first-order valence-electron chi connectivity index (χ1n) is 17.2. The van der Waals surface area contributed by atoms with E-state index in [4.69, 9.17) is 11.3 Å². The van der Waals surface area contributed by atoms with Crippen molar-refractivity contribution in [3.63, 3.8) is 0 Å². The fourth-order valence-corrected chi connectivity index (χ4v) is 7.42. The Labute approximate surface area is 293 Å². The number of benzene rings is 5. The Balaban J connectivity index is 0.000000222. The summed E-state index contributed by atoms with van der Waals surface area (Å²) < 4.78 is 48.0. The van der Waals surface area contributed by atoms with Crippen molar-refractivity contribution in [3.8, 4) is 33.6 Å². The SMILES string of the molecule is [2H]c1c([2H])c([2H])c(-c2ccc3c(c2)oc2c(-c4cc5ccccc5cn4)[c-]ccc23)c([2H])c1[2H].[CH3][Ge]([CH3])([CH3])[c]1ccc(-c2[c-]cccc2)nc1.[Ir]. The van der Waals surface area contributed by atoms with Crippen LogP contribution >= 0.6 is 0 Å². The van der Waals surface area contributed by atoms with Gasteiger partial charge in [-0.25, -0.2) is 0 Å². The molecule has 3 heterocycles. The first kappa shape index (κ1) is 25.8. The minimum atomic E-state index is -1.72. The van der Waals surface area contributed by atoms with E-state index >= 15 is 0 Å². The Morgan fingerprint density at radius 3 is 2.20 bits per heavy atom. The second-order valence-electron chi connectivity index (χ2n) is 11.8. The molecule has 0 amide bonds. The number of nitrogens with zero attached hydrogens (tertiary/aromatic N) is 2. The number of rotatable bonds is 4. The quantitative estimate of drug-likeness (QED) is 0.131. The predicted octanol–water partition coefficient (Wildman–Crippen LogP) is 10.4.